The van der Waals surface area contributed by atoms with Crippen LogP contribution in [0, 0.1) is 0 Å². The SMILES string of the molecule is CCOC(=O)C1=C(C)N=c2s/c(=C/c3ccc(OCc4ccccc4Cl)c(OCC)c3)c(=O)n2C1c1ccc2c(c1)OCO2. The minimum Gasteiger partial charge on any atom is -0.490 e. The van der Waals surface area contributed by atoms with Crippen LogP contribution in [0.5, 0.6) is 23.0 Å². The topological polar surface area (TPSA) is 97.6 Å². The third-order valence-corrected chi connectivity index (χ3v) is 8.49. The van der Waals surface area contributed by atoms with E-state index in [0.29, 0.717) is 60.8 Å². The summed E-state index contributed by atoms with van der Waals surface area (Å²) in [6.07, 6.45) is 1.78. The van der Waals surface area contributed by atoms with E-state index in [0.717, 1.165) is 11.1 Å². The van der Waals surface area contributed by atoms with Gasteiger partial charge < -0.3 is 23.7 Å². The van der Waals surface area contributed by atoms with E-state index in [1.807, 2.05) is 55.5 Å². The van der Waals surface area contributed by atoms with Crippen LogP contribution < -0.4 is 33.8 Å². The molecule has 0 bridgehead atoms. The molecule has 3 heterocycles. The van der Waals surface area contributed by atoms with Crippen molar-refractivity contribution in [1.29, 1.82) is 0 Å². The van der Waals surface area contributed by atoms with Crippen molar-refractivity contribution in [2.75, 3.05) is 20.0 Å². The maximum absolute atomic E-state index is 14.0. The molecule has 0 amide bonds. The molecule has 0 fully saturated rings. The Morgan fingerprint density at radius 2 is 1.86 bits per heavy atom. The van der Waals surface area contributed by atoms with Crippen molar-refractivity contribution in [3.8, 4) is 23.0 Å². The monoisotopic (exact) mass is 632 g/mol. The molecular weight excluding hydrogens is 604 g/mol. The smallest absolute Gasteiger partial charge is 0.338 e. The van der Waals surface area contributed by atoms with Gasteiger partial charge in [0.15, 0.2) is 27.8 Å². The molecule has 2 aliphatic rings. The van der Waals surface area contributed by atoms with Gasteiger partial charge >= 0.3 is 5.97 Å². The van der Waals surface area contributed by atoms with E-state index in [1.165, 1.54) is 15.9 Å². The molecule has 6 rings (SSSR count). The molecule has 1 atom stereocenters. The van der Waals surface area contributed by atoms with E-state index in [2.05, 4.69) is 4.99 Å². The van der Waals surface area contributed by atoms with E-state index in [1.54, 1.807) is 32.1 Å². The number of carbonyl (C=O) groups is 1. The fraction of sp³-hybridized carbons (Fsp3) is 0.242. The highest BCUT2D eigenvalue weighted by molar-refractivity contribution is 7.07. The molecule has 3 aromatic carbocycles. The number of halogens is 1. The predicted molar refractivity (Wildman–Crippen MR) is 166 cm³/mol. The van der Waals surface area contributed by atoms with E-state index < -0.39 is 12.0 Å². The first-order chi connectivity index (χ1) is 21.4. The van der Waals surface area contributed by atoms with Gasteiger partial charge in [-0.2, -0.15) is 0 Å². The zero-order valence-corrected chi connectivity index (χ0v) is 25.9. The molecule has 9 nitrogen and oxygen atoms in total. The summed E-state index contributed by atoms with van der Waals surface area (Å²) >= 11 is 7.54. The summed E-state index contributed by atoms with van der Waals surface area (Å²) in [4.78, 5) is 32.3. The minimum atomic E-state index is -0.762. The average molecular weight is 633 g/mol. The molecule has 0 radical (unpaired) electrons. The molecule has 44 heavy (non-hydrogen) atoms. The zero-order valence-electron chi connectivity index (χ0n) is 24.3. The number of benzene rings is 3. The van der Waals surface area contributed by atoms with Crippen LogP contribution >= 0.6 is 22.9 Å². The average Bonchev–Trinajstić information content (AvgIpc) is 3.60. The van der Waals surface area contributed by atoms with Crippen LogP contribution in [0.2, 0.25) is 5.02 Å². The Morgan fingerprint density at radius 1 is 1.05 bits per heavy atom. The van der Waals surface area contributed by atoms with Crippen LogP contribution in [-0.4, -0.2) is 30.5 Å². The second-order valence-corrected chi connectivity index (χ2v) is 11.4. The summed E-state index contributed by atoms with van der Waals surface area (Å²) in [6.45, 7) is 6.38. The number of allylic oxidation sites excluding steroid dienone is 1. The summed E-state index contributed by atoms with van der Waals surface area (Å²) in [5.41, 5.74) is 2.77. The second kappa shape index (κ2) is 12.6. The summed E-state index contributed by atoms with van der Waals surface area (Å²) in [7, 11) is 0. The number of nitrogens with zero attached hydrogens (tertiary/aromatic N) is 2. The first-order valence-corrected chi connectivity index (χ1v) is 15.3. The van der Waals surface area contributed by atoms with E-state index in [9.17, 15) is 9.59 Å². The highest BCUT2D eigenvalue weighted by Crippen LogP contribution is 2.38. The molecule has 11 heteroatoms. The van der Waals surface area contributed by atoms with Crippen molar-refractivity contribution >= 4 is 35.0 Å². The number of aromatic nitrogens is 1. The lowest BCUT2D eigenvalue weighted by Crippen LogP contribution is -2.39. The van der Waals surface area contributed by atoms with E-state index >= 15 is 0 Å². The lowest BCUT2D eigenvalue weighted by molar-refractivity contribution is -0.139. The van der Waals surface area contributed by atoms with Gasteiger partial charge in [0.1, 0.15) is 6.61 Å². The van der Waals surface area contributed by atoms with Crippen molar-refractivity contribution in [2.45, 2.75) is 33.4 Å². The molecule has 0 aliphatic carbocycles. The third kappa shape index (κ3) is 5.70. The highest BCUT2D eigenvalue weighted by Gasteiger charge is 2.34. The molecular formula is C33H29ClN2O7S. The number of thiazole rings is 1. The Kier molecular flexibility index (Phi) is 8.45. The first-order valence-electron chi connectivity index (χ1n) is 14.1. The van der Waals surface area contributed by atoms with Crippen LogP contribution in [0.4, 0.5) is 0 Å². The molecule has 0 N–H and O–H groups in total. The van der Waals surface area contributed by atoms with Gasteiger partial charge in [0.25, 0.3) is 5.56 Å². The van der Waals surface area contributed by atoms with Crippen molar-refractivity contribution in [3.05, 3.63) is 113 Å². The van der Waals surface area contributed by atoms with Crippen LogP contribution in [-0.2, 0) is 16.1 Å². The van der Waals surface area contributed by atoms with Gasteiger partial charge in [-0.05, 0) is 68.3 Å². The standard InChI is InChI=1S/C33H29ClN2O7S/c1-4-39-26-14-20(10-12-24(26)41-17-22-8-6-7-9-23(22)34)15-28-31(37)36-30(21-11-13-25-27(16-21)43-18-42-25)29(32(38)40-5-2)19(3)35-33(36)44-28/h6-16,30H,4-5,17-18H2,1-3H3/b28-15+. The lowest BCUT2D eigenvalue weighted by atomic mass is 9.95. The number of carbonyl (C=O) groups excluding carboxylic acids is 1. The van der Waals surface area contributed by atoms with Crippen LogP contribution in [0.3, 0.4) is 0 Å². The Hall–Kier alpha value is -4.54. The Morgan fingerprint density at radius 3 is 2.66 bits per heavy atom. The Labute approximate surface area is 262 Å². The number of esters is 1. The summed E-state index contributed by atoms with van der Waals surface area (Å²) in [6, 6.07) is 17.6. The van der Waals surface area contributed by atoms with Crippen LogP contribution in [0.1, 0.15) is 43.5 Å². The number of fused-ring (bicyclic) bond motifs is 2. The molecule has 4 aromatic rings. The van der Waals surface area contributed by atoms with Crippen molar-refractivity contribution in [1.82, 2.24) is 4.57 Å². The van der Waals surface area contributed by atoms with Crippen molar-refractivity contribution in [2.24, 2.45) is 4.99 Å². The van der Waals surface area contributed by atoms with E-state index in [4.69, 9.17) is 35.3 Å². The quantitative estimate of drug-likeness (QED) is 0.235. The normalized spacial score (nSPS) is 15.5. The largest absolute Gasteiger partial charge is 0.490 e. The second-order valence-electron chi connectivity index (χ2n) is 9.93. The maximum Gasteiger partial charge on any atom is 0.338 e. The fourth-order valence-corrected chi connectivity index (χ4v) is 6.35. The van der Waals surface area contributed by atoms with Gasteiger partial charge in [-0.1, -0.05) is 53.3 Å². The van der Waals surface area contributed by atoms with Crippen molar-refractivity contribution in [3.63, 3.8) is 0 Å². The number of hydrogen-bond acceptors (Lipinski definition) is 9. The zero-order chi connectivity index (χ0) is 30.8. The highest BCUT2D eigenvalue weighted by atomic mass is 35.5. The molecule has 226 valence electrons. The molecule has 0 saturated carbocycles. The van der Waals surface area contributed by atoms with Gasteiger partial charge in [0.2, 0.25) is 6.79 Å². The van der Waals surface area contributed by atoms with Crippen LogP contribution in [0.25, 0.3) is 6.08 Å². The first kappa shape index (κ1) is 29.5. The number of hydrogen-bond donors (Lipinski definition) is 0. The van der Waals surface area contributed by atoms with Gasteiger partial charge in [-0.3, -0.25) is 9.36 Å². The molecule has 2 aliphatic heterocycles. The summed E-state index contributed by atoms with van der Waals surface area (Å²) in [5.74, 6) is 1.72. The minimum absolute atomic E-state index is 0.106. The number of ether oxygens (including phenoxy) is 5. The maximum atomic E-state index is 14.0. The fourth-order valence-electron chi connectivity index (χ4n) is 5.11. The molecule has 1 aromatic heterocycles. The predicted octanol–water partition coefficient (Wildman–Crippen LogP) is 5.16. The van der Waals surface area contributed by atoms with Crippen LogP contribution in [0.15, 0.2) is 81.7 Å². The van der Waals surface area contributed by atoms with Crippen molar-refractivity contribution < 1.29 is 28.5 Å². The Balaban J connectivity index is 1.40. The van der Waals surface area contributed by atoms with Gasteiger partial charge in [0, 0.05) is 10.6 Å². The summed E-state index contributed by atoms with van der Waals surface area (Å²) in [5, 5.41) is 0.623. The molecule has 1 unspecified atom stereocenters. The summed E-state index contributed by atoms with van der Waals surface area (Å²) < 4.78 is 30.4. The Bertz CT molecular complexity index is 1960. The van der Waals surface area contributed by atoms with Gasteiger partial charge in [-0.25, -0.2) is 9.79 Å². The van der Waals surface area contributed by atoms with E-state index in [-0.39, 0.29) is 25.6 Å². The number of rotatable bonds is 9. The van der Waals surface area contributed by atoms with Gasteiger partial charge in [0.05, 0.1) is 35.1 Å². The lowest BCUT2D eigenvalue weighted by Gasteiger charge is -2.24. The molecule has 0 spiro atoms. The third-order valence-electron chi connectivity index (χ3n) is 7.14. The van der Waals surface area contributed by atoms with Gasteiger partial charge in [-0.15, -0.1) is 0 Å². The molecule has 0 saturated heterocycles.